The first-order valence-corrected chi connectivity index (χ1v) is 8.44. The quantitative estimate of drug-likeness (QED) is 0.791. The fraction of sp³-hybridized carbons (Fsp3) is 0.875. The molecule has 3 atom stereocenters. The van der Waals surface area contributed by atoms with Crippen molar-refractivity contribution in [3.63, 3.8) is 0 Å². The first-order chi connectivity index (χ1) is 11.2. The molecule has 1 saturated carbocycles. The molecule has 5 nitrogen and oxygen atoms in total. The molecule has 1 unspecified atom stereocenters. The van der Waals surface area contributed by atoms with Crippen molar-refractivity contribution in [3.8, 4) is 0 Å². The second kappa shape index (κ2) is 7.72. The molecule has 1 saturated heterocycles. The number of hydrogen-bond acceptors (Lipinski definition) is 3. The summed E-state index contributed by atoms with van der Waals surface area (Å²) in [6.45, 7) is 0.498. The number of rotatable bonds is 4. The van der Waals surface area contributed by atoms with Crippen LogP contribution in [0.3, 0.4) is 0 Å². The number of carboxylic acid groups (broad SMARTS) is 1. The third-order valence-electron chi connectivity index (χ3n) is 4.92. The molecule has 0 spiro atoms. The number of carbonyl (C=O) groups excluding carboxylic acids is 1. The minimum Gasteiger partial charge on any atom is -0.481 e. The molecule has 1 aliphatic heterocycles. The second-order valence-corrected chi connectivity index (χ2v) is 6.73. The van der Waals surface area contributed by atoms with Crippen molar-refractivity contribution in [2.24, 2.45) is 11.8 Å². The molecular weight excluding hydrogens is 327 g/mol. The van der Waals surface area contributed by atoms with Crippen molar-refractivity contribution in [3.05, 3.63) is 0 Å². The molecule has 0 radical (unpaired) electrons. The van der Waals surface area contributed by atoms with E-state index in [1.54, 1.807) is 0 Å². The smallest absolute Gasteiger partial charge is 0.394 e. The predicted molar refractivity (Wildman–Crippen MR) is 79.3 cm³/mol. The summed E-state index contributed by atoms with van der Waals surface area (Å²) >= 11 is 0. The zero-order valence-electron chi connectivity index (χ0n) is 13.7. The zero-order chi connectivity index (χ0) is 17.9. The summed E-state index contributed by atoms with van der Waals surface area (Å²) in [5.41, 5.74) is 0. The standard InChI is InChI=1S/C16H24F3NO4/c1-10(24-11-6-4-2-3-5-7-11)14(21)20-8-12(15(22)23)13(9-20)16(17,18)19/h10-13H,2-9H2,1H3,(H,22,23)/t10?,12-,13-/m1/s1. The number of carbonyl (C=O) groups is 2. The van der Waals surface area contributed by atoms with Gasteiger partial charge < -0.3 is 14.7 Å². The number of ether oxygens (including phenoxy) is 1. The normalized spacial score (nSPS) is 27.8. The Morgan fingerprint density at radius 3 is 2.17 bits per heavy atom. The van der Waals surface area contributed by atoms with Crippen LogP contribution in [0.5, 0.6) is 0 Å². The van der Waals surface area contributed by atoms with Gasteiger partial charge in [0.05, 0.1) is 17.9 Å². The van der Waals surface area contributed by atoms with Gasteiger partial charge in [-0.25, -0.2) is 0 Å². The van der Waals surface area contributed by atoms with E-state index in [9.17, 15) is 22.8 Å². The van der Waals surface area contributed by atoms with Gasteiger partial charge in [0.25, 0.3) is 5.91 Å². The molecule has 1 aliphatic carbocycles. The molecule has 2 rings (SSSR count). The molecule has 0 aromatic carbocycles. The average Bonchev–Trinajstić information content (AvgIpc) is 2.80. The highest BCUT2D eigenvalue weighted by atomic mass is 19.4. The Hall–Kier alpha value is -1.31. The van der Waals surface area contributed by atoms with Crippen LogP contribution in [0.25, 0.3) is 0 Å². The Kier molecular flexibility index (Phi) is 6.11. The molecule has 1 amide bonds. The van der Waals surface area contributed by atoms with Gasteiger partial charge >= 0.3 is 12.1 Å². The first kappa shape index (κ1) is 19.0. The lowest BCUT2D eigenvalue weighted by Gasteiger charge is -2.25. The summed E-state index contributed by atoms with van der Waals surface area (Å²) in [6.07, 6.45) is 0.449. The topological polar surface area (TPSA) is 66.8 Å². The SMILES string of the molecule is CC(OC1CCCCCC1)C(=O)N1C[C@@H](C(F)(F)F)[C@H](C(=O)O)C1. The van der Waals surface area contributed by atoms with Crippen LogP contribution in [-0.2, 0) is 14.3 Å². The maximum absolute atomic E-state index is 13.0. The van der Waals surface area contributed by atoms with Crippen LogP contribution in [0.4, 0.5) is 13.2 Å². The highest BCUT2D eigenvalue weighted by Gasteiger charge is 2.53. The fourth-order valence-corrected chi connectivity index (χ4v) is 3.55. The summed E-state index contributed by atoms with van der Waals surface area (Å²) in [5, 5.41) is 9.01. The van der Waals surface area contributed by atoms with Crippen molar-refractivity contribution < 1.29 is 32.6 Å². The maximum atomic E-state index is 13.0. The summed E-state index contributed by atoms with van der Waals surface area (Å²) in [7, 11) is 0. The lowest BCUT2D eigenvalue weighted by atomic mass is 9.96. The molecule has 0 aromatic rings. The van der Waals surface area contributed by atoms with Gasteiger partial charge in [-0.3, -0.25) is 9.59 Å². The number of hydrogen-bond donors (Lipinski definition) is 1. The Morgan fingerprint density at radius 1 is 1.12 bits per heavy atom. The lowest BCUT2D eigenvalue weighted by Crippen LogP contribution is -2.40. The highest BCUT2D eigenvalue weighted by Crippen LogP contribution is 2.38. The second-order valence-electron chi connectivity index (χ2n) is 6.73. The zero-order valence-corrected chi connectivity index (χ0v) is 13.7. The van der Waals surface area contributed by atoms with E-state index < -0.39 is 49.1 Å². The number of aliphatic carboxylic acids is 1. The molecule has 2 aliphatic rings. The Bertz CT molecular complexity index is 461. The Balaban J connectivity index is 1.97. The van der Waals surface area contributed by atoms with Crippen LogP contribution in [0.15, 0.2) is 0 Å². The van der Waals surface area contributed by atoms with Gasteiger partial charge in [0.2, 0.25) is 0 Å². The fourth-order valence-electron chi connectivity index (χ4n) is 3.55. The molecule has 1 N–H and O–H groups in total. The number of nitrogens with zero attached hydrogens (tertiary/aromatic N) is 1. The lowest BCUT2D eigenvalue weighted by molar-refractivity contribution is -0.188. The van der Waals surface area contributed by atoms with E-state index >= 15 is 0 Å². The third kappa shape index (κ3) is 4.62. The van der Waals surface area contributed by atoms with E-state index in [2.05, 4.69) is 0 Å². The number of alkyl halides is 3. The maximum Gasteiger partial charge on any atom is 0.394 e. The predicted octanol–water partition coefficient (Wildman–Crippen LogP) is 2.84. The van der Waals surface area contributed by atoms with E-state index in [1.165, 1.54) is 6.92 Å². The molecule has 0 aromatic heterocycles. The summed E-state index contributed by atoms with van der Waals surface area (Å²) in [4.78, 5) is 24.5. The molecular formula is C16H24F3NO4. The highest BCUT2D eigenvalue weighted by molar-refractivity contribution is 5.82. The van der Waals surface area contributed by atoms with Crippen molar-refractivity contribution in [2.75, 3.05) is 13.1 Å². The molecule has 138 valence electrons. The van der Waals surface area contributed by atoms with Crippen molar-refractivity contribution in [2.45, 2.75) is 63.8 Å². The van der Waals surface area contributed by atoms with Crippen LogP contribution in [-0.4, -0.2) is 53.4 Å². The number of likely N-dealkylation sites (tertiary alicyclic amines) is 1. The number of carboxylic acids is 1. The molecule has 0 bridgehead atoms. The van der Waals surface area contributed by atoms with Crippen molar-refractivity contribution >= 4 is 11.9 Å². The van der Waals surface area contributed by atoms with Crippen molar-refractivity contribution in [1.82, 2.24) is 4.90 Å². The summed E-state index contributed by atoms with van der Waals surface area (Å²) in [6, 6.07) is 0. The molecule has 8 heteroatoms. The molecule has 24 heavy (non-hydrogen) atoms. The Morgan fingerprint density at radius 2 is 1.71 bits per heavy atom. The van der Waals surface area contributed by atoms with Crippen LogP contribution < -0.4 is 0 Å². The summed E-state index contributed by atoms with van der Waals surface area (Å²) < 4.78 is 44.7. The van der Waals surface area contributed by atoms with Crippen LogP contribution in [0.1, 0.15) is 45.4 Å². The van der Waals surface area contributed by atoms with Crippen LogP contribution >= 0.6 is 0 Å². The molecule has 1 heterocycles. The summed E-state index contributed by atoms with van der Waals surface area (Å²) in [5.74, 6) is -5.72. The van der Waals surface area contributed by atoms with Crippen LogP contribution in [0.2, 0.25) is 0 Å². The average molecular weight is 351 g/mol. The van der Waals surface area contributed by atoms with Gasteiger partial charge in [0.15, 0.2) is 0 Å². The van der Waals surface area contributed by atoms with E-state index in [0.29, 0.717) is 0 Å². The van der Waals surface area contributed by atoms with E-state index in [-0.39, 0.29) is 6.10 Å². The van der Waals surface area contributed by atoms with E-state index in [1.807, 2.05) is 0 Å². The van der Waals surface area contributed by atoms with Crippen molar-refractivity contribution in [1.29, 1.82) is 0 Å². The van der Waals surface area contributed by atoms with Gasteiger partial charge in [-0.2, -0.15) is 13.2 Å². The minimum atomic E-state index is -4.64. The minimum absolute atomic E-state index is 0.0530. The molecule has 2 fully saturated rings. The number of halogens is 3. The third-order valence-corrected chi connectivity index (χ3v) is 4.92. The number of amides is 1. The first-order valence-electron chi connectivity index (χ1n) is 8.44. The largest absolute Gasteiger partial charge is 0.481 e. The monoisotopic (exact) mass is 351 g/mol. The van der Waals surface area contributed by atoms with Gasteiger partial charge in [0, 0.05) is 13.1 Å². The Labute approximate surface area is 139 Å². The van der Waals surface area contributed by atoms with Crippen LogP contribution in [0, 0.1) is 11.8 Å². The van der Waals surface area contributed by atoms with Gasteiger partial charge in [-0.05, 0) is 19.8 Å². The van der Waals surface area contributed by atoms with E-state index in [0.717, 1.165) is 43.4 Å². The van der Waals surface area contributed by atoms with E-state index in [4.69, 9.17) is 9.84 Å². The van der Waals surface area contributed by atoms with Gasteiger partial charge in [0.1, 0.15) is 6.10 Å². The van der Waals surface area contributed by atoms with Gasteiger partial charge in [-0.15, -0.1) is 0 Å². The van der Waals surface area contributed by atoms with Gasteiger partial charge in [-0.1, -0.05) is 25.7 Å².